The van der Waals surface area contributed by atoms with E-state index in [1.54, 1.807) is 6.07 Å². The Morgan fingerprint density at radius 1 is 1.38 bits per heavy atom. The molecule has 1 N–H and O–H groups in total. The highest BCUT2D eigenvalue weighted by atomic mass is 35.5. The van der Waals surface area contributed by atoms with Crippen molar-refractivity contribution in [2.45, 2.75) is 6.23 Å². The monoisotopic (exact) mass is 217 g/mol. The lowest BCUT2D eigenvalue weighted by Gasteiger charge is -2.11. The van der Waals surface area contributed by atoms with E-state index in [0.29, 0.717) is 10.0 Å². The molecule has 0 aromatic heterocycles. The predicted molar refractivity (Wildman–Crippen MR) is 53.2 cm³/mol. The van der Waals surface area contributed by atoms with Crippen LogP contribution >= 0.6 is 23.2 Å². The van der Waals surface area contributed by atoms with Crippen molar-refractivity contribution in [1.82, 2.24) is 5.32 Å². The van der Waals surface area contributed by atoms with Crippen molar-refractivity contribution in [2.75, 3.05) is 13.2 Å². The lowest BCUT2D eigenvalue weighted by molar-refractivity contribution is 0.102. The molecule has 1 atom stereocenters. The average Bonchev–Trinajstić information content (AvgIpc) is 2.56. The van der Waals surface area contributed by atoms with Crippen LogP contribution in [0.3, 0.4) is 0 Å². The molecule has 1 aromatic rings. The lowest BCUT2D eigenvalue weighted by Crippen LogP contribution is -2.14. The van der Waals surface area contributed by atoms with Crippen molar-refractivity contribution in [1.29, 1.82) is 0 Å². The predicted octanol–water partition coefficient (Wildman–Crippen LogP) is 2.61. The molecule has 1 heterocycles. The summed E-state index contributed by atoms with van der Waals surface area (Å²) in [6.45, 7) is 1.59. The fourth-order valence-corrected chi connectivity index (χ4v) is 1.85. The summed E-state index contributed by atoms with van der Waals surface area (Å²) in [7, 11) is 0. The van der Waals surface area contributed by atoms with E-state index < -0.39 is 0 Å². The molecule has 2 nitrogen and oxygen atoms in total. The molecule has 0 amide bonds. The molecule has 1 unspecified atom stereocenters. The first-order valence-electron chi connectivity index (χ1n) is 4.07. The van der Waals surface area contributed by atoms with E-state index in [1.807, 2.05) is 12.1 Å². The van der Waals surface area contributed by atoms with Crippen LogP contribution in [0.1, 0.15) is 11.8 Å². The largest absolute Gasteiger partial charge is 0.358 e. The summed E-state index contributed by atoms with van der Waals surface area (Å²) in [6, 6.07) is 5.42. The normalized spacial score (nSPS) is 22.2. The number of rotatable bonds is 1. The Kier molecular flexibility index (Phi) is 2.74. The number of benzene rings is 1. The molecular weight excluding hydrogens is 209 g/mol. The Balaban J connectivity index is 2.29. The molecule has 1 saturated heterocycles. The van der Waals surface area contributed by atoms with Gasteiger partial charge in [-0.25, -0.2) is 0 Å². The van der Waals surface area contributed by atoms with E-state index in [-0.39, 0.29) is 6.23 Å². The van der Waals surface area contributed by atoms with Crippen molar-refractivity contribution in [2.24, 2.45) is 0 Å². The van der Waals surface area contributed by atoms with E-state index in [4.69, 9.17) is 27.9 Å². The van der Waals surface area contributed by atoms with E-state index in [2.05, 4.69) is 5.32 Å². The van der Waals surface area contributed by atoms with Gasteiger partial charge in [0, 0.05) is 22.2 Å². The minimum atomic E-state index is -0.0789. The first-order valence-corrected chi connectivity index (χ1v) is 4.83. The fourth-order valence-electron chi connectivity index (χ4n) is 1.34. The number of nitrogens with one attached hydrogen (secondary N) is 1. The van der Waals surface area contributed by atoms with Gasteiger partial charge in [-0.05, 0) is 12.1 Å². The molecule has 1 aromatic carbocycles. The van der Waals surface area contributed by atoms with Crippen LogP contribution in [0.25, 0.3) is 0 Å². The Morgan fingerprint density at radius 3 is 2.85 bits per heavy atom. The summed E-state index contributed by atoms with van der Waals surface area (Å²) >= 11 is 11.8. The summed E-state index contributed by atoms with van der Waals surface area (Å²) in [5.74, 6) is 0. The van der Waals surface area contributed by atoms with Crippen LogP contribution in [0, 0.1) is 0 Å². The standard InChI is InChI=1S/C9H9Cl2NO/c10-6-1-2-7(8(11)5-6)9-12-3-4-13-9/h1-2,5,9,12H,3-4H2. The van der Waals surface area contributed by atoms with Gasteiger partial charge in [-0.2, -0.15) is 0 Å². The SMILES string of the molecule is Clc1ccc(C2NCCO2)c(Cl)c1. The summed E-state index contributed by atoms with van der Waals surface area (Å²) in [4.78, 5) is 0. The summed E-state index contributed by atoms with van der Waals surface area (Å²) in [5.41, 5.74) is 0.948. The van der Waals surface area contributed by atoms with E-state index >= 15 is 0 Å². The van der Waals surface area contributed by atoms with Crippen LogP contribution in [0.5, 0.6) is 0 Å². The van der Waals surface area contributed by atoms with Gasteiger partial charge in [0.25, 0.3) is 0 Å². The van der Waals surface area contributed by atoms with Gasteiger partial charge < -0.3 is 4.74 Å². The lowest BCUT2D eigenvalue weighted by atomic mass is 10.2. The Hall–Kier alpha value is -0.280. The topological polar surface area (TPSA) is 21.3 Å². The average molecular weight is 218 g/mol. The maximum absolute atomic E-state index is 6.01. The molecule has 13 heavy (non-hydrogen) atoms. The highest BCUT2D eigenvalue weighted by molar-refractivity contribution is 6.35. The van der Waals surface area contributed by atoms with Crippen molar-refractivity contribution in [3.05, 3.63) is 33.8 Å². The molecule has 4 heteroatoms. The van der Waals surface area contributed by atoms with E-state index in [9.17, 15) is 0 Å². The zero-order valence-corrected chi connectivity index (χ0v) is 8.40. The van der Waals surface area contributed by atoms with Gasteiger partial charge in [0.2, 0.25) is 0 Å². The molecule has 0 aliphatic carbocycles. The molecule has 0 radical (unpaired) electrons. The van der Waals surface area contributed by atoms with Gasteiger partial charge in [-0.15, -0.1) is 0 Å². The summed E-state index contributed by atoms with van der Waals surface area (Å²) < 4.78 is 5.42. The van der Waals surface area contributed by atoms with Crippen LogP contribution in [0.4, 0.5) is 0 Å². The highest BCUT2D eigenvalue weighted by Gasteiger charge is 2.18. The van der Waals surface area contributed by atoms with Gasteiger partial charge >= 0.3 is 0 Å². The van der Waals surface area contributed by atoms with Crippen LogP contribution in [-0.4, -0.2) is 13.2 Å². The van der Waals surface area contributed by atoms with Crippen molar-refractivity contribution in [3.8, 4) is 0 Å². The summed E-state index contributed by atoms with van der Waals surface area (Å²) in [6.07, 6.45) is -0.0789. The molecule has 1 aliphatic heterocycles. The minimum Gasteiger partial charge on any atom is -0.358 e. The van der Waals surface area contributed by atoms with Crippen molar-refractivity contribution in [3.63, 3.8) is 0 Å². The second kappa shape index (κ2) is 3.84. The number of hydrogen-bond donors (Lipinski definition) is 1. The van der Waals surface area contributed by atoms with Gasteiger partial charge in [-0.1, -0.05) is 29.3 Å². The van der Waals surface area contributed by atoms with Gasteiger partial charge in [-0.3, -0.25) is 5.32 Å². The Bertz CT molecular complexity index is 310. The second-order valence-corrected chi connectivity index (χ2v) is 3.71. The fraction of sp³-hybridized carbons (Fsp3) is 0.333. The molecule has 0 spiro atoms. The highest BCUT2D eigenvalue weighted by Crippen LogP contribution is 2.28. The molecule has 1 aliphatic rings. The van der Waals surface area contributed by atoms with Crippen LogP contribution in [0.2, 0.25) is 10.0 Å². The first-order chi connectivity index (χ1) is 6.27. The third-order valence-electron chi connectivity index (χ3n) is 1.96. The third kappa shape index (κ3) is 1.97. The van der Waals surface area contributed by atoms with Crippen molar-refractivity contribution < 1.29 is 4.74 Å². The number of hydrogen-bond acceptors (Lipinski definition) is 2. The minimum absolute atomic E-state index is 0.0789. The molecule has 2 rings (SSSR count). The number of ether oxygens (including phenoxy) is 1. The van der Waals surface area contributed by atoms with Gasteiger partial charge in [0.1, 0.15) is 6.23 Å². The summed E-state index contributed by atoms with van der Waals surface area (Å²) in [5, 5.41) is 4.47. The molecule has 0 saturated carbocycles. The maximum Gasteiger partial charge on any atom is 0.135 e. The zero-order valence-electron chi connectivity index (χ0n) is 6.89. The molecular formula is C9H9Cl2NO. The molecule has 1 fully saturated rings. The number of halogens is 2. The molecule has 70 valence electrons. The van der Waals surface area contributed by atoms with Crippen molar-refractivity contribution >= 4 is 23.2 Å². The van der Waals surface area contributed by atoms with Crippen LogP contribution < -0.4 is 5.32 Å². The van der Waals surface area contributed by atoms with E-state index in [1.165, 1.54) is 0 Å². The quantitative estimate of drug-likeness (QED) is 0.782. The Morgan fingerprint density at radius 2 is 2.23 bits per heavy atom. The van der Waals surface area contributed by atoms with Crippen LogP contribution in [0.15, 0.2) is 18.2 Å². The first kappa shape index (κ1) is 9.28. The third-order valence-corrected chi connectivity index (χ3v) is 2.52. The molecule has 0 bridgehead atoms. The van der Waals surface area contributed by atoms with Gasteiger partial charge in [0.15, 0.2) is 0 Å². The smallest absolute Gasteiger partial charge is 0.135 e. The van der Waals surface area contributed by atoms with Crippen LogP contribution in [-0.2, 0) is 4.74 Å². The van der Waals surface area contributed by atoms with E-state index in [0.717, 1.165) is 18.7 Å². The maximum atomic E-state index is 6.01. The van der Waals surface area contributed by atoms with Gasteiger partial charge in [0.05, 0.1) is 6.61 Å². The zero-order chi connectivity index (χ0) is 9.26. The Labute approximate surface area is 86.8 Å². The second-order valence-electron chi connectivity index (χ2n) is 2.87.